The SMILES string of the molecule is Cc1cccc(Cl)c1NC(=O)C(c1ccccc1O)N(CCO)C(=O)C(CS)NC(=O)OC(C)(C)C. The highest BCUT2D eigenvalue weighted by Crippen LogP contribution is 2.32. The van der Waals surface area contributed by atoms with Crippen LogP contribution in [-0.4, -0.2) is 63.6 Å². The largest absolute Gasteiger partial charge is 0.508 e. The van der Waals surface area contributed by atoms with Gasteiger partial charge in [-0.05, 0) is 45.4 Å². The molecule has 0 heterocycles. The van der Waals surface area contributed by atoms with Gasteiger partial charge in [0.25, 0.3) is 5.91 Å². The first-order chi connectivity index (χ1) is 16.9. The molecule has 2 aromatic carbocycles. The summed E-state index contributed by atoms with van der Waals surface area (Å²) in [6, 6.07) is 8.60. The number of phenolic OH excluding ortho intramolecular Hbond substituents is 1. The highest BCUT2D eigenvalue weighted by Gasteiger charge is 2.37. The number of hydrogen-bond donors (Lipinski definition) is 5. The molecule has 9 nitrogen and oxygen atoms in total. The monoisotopic (exact) mass is 537 g/mol. The maximum Gasteiger partial charge on any atom is 0.408 e. The van der Waals surface area contributed by atoms with E-state index in [1.165, 1.54) is 12.1 Å². The van der Waals surface area contributed by atoms with Gasteiger partial charge in [0.1, 0.15) is 23.4 Å². The summed E-state index contributed by atoms with van der Waals surface area (Å²) in [6.07, 6.45) is -0.839. The Morgan fingerprint density at radius 2 is 1.81 bits per heavy atom. The first kappa shape index (κ1) is 29.3. The fourth-order valence-electron chi connectivity index (χ4n) is 3.46. The number of aliphatic hydroxyl groups excluding tert-OH is 1. The van der Waals surface area contributed by atoms with Crippen LogP contribution in [0.4, 0.5) is 10.5 Å². The number of halogens is 1. The van der Waals surface area contributed by atoms with Crippen molar-refractivity contribution in [3.8, 4) is 5.75 Å². The van der Waals surface area contributed by atoms with Crippen LogP contribution in [0.15, 0.2) is 42.5 Å². The Kier molecular flexibility index (Phi) is 10.4. The molecule has 0 aliphatic heterocycles. The summed E-state index contributed by atoms with van der Waals surface area (Å²) in [5.74, 6) is -1.72. The smallest absolute Gasteiger partial charge is 0.408 e. The quantitative estimate of drug-likeness (QED) is 0.310. The maximum atomic E-state index is 13.6. The Hall–Kier alpha value is -2.95. The number of phenols is 1. The van der Waals surface area contributed by atoms with Crippen LogP contribution < -0.4 is 10.6 Å². The number of alkyl carbamates (subject to hydrolysis) is 1. The number of para-hydroxylation sites is 2. The zero-order valence-corrected chi connectivity index (χ0v) is 22.3. The third-order valence-electron chi connectivity index (χ3n) is 5.06. The number of carbonyl (C=O) groups excluding carboxylic acids is 3. The van der Waals surface area contributed by atoms with Gasteiger partial charge in [-0.1, -0.05) is 41.9 Å². The Morgan fingerprint density at radius 1 is 1.14 bits per heavy atom. The number of thiol groups is 1. The number of amides is 3. The zero-order valence-electron chi connectivity index (χ0n) is 20.6. The van der Waals surface area contributed by atoms with Gasteiger partial charge in [-0.3, -0.25) is 9.59 Å². The number of carbonyl (C=O) groups is 3. The van der Waals surface area contributed by atoms with Gasteiger partial charge < -0.3 is 30.5 Å². The molecule has 36 heavy (non-hydrogen) atoms. The standard InChI is InChI=1S/C25H32ClN3O6S/c1-15-8-7-10-17(26)20(15)28-22(32)21(16-9-5-6-11-19(16)31)29(12-13-30)23(33)18(14-36)27-24(34)35-25(2,3)4/h5-11,18,21,30-31,36H,12-14H2,1-4H3,(H,27,34)(H,28,32). The second-order valence-corrected chi connectivity index (χ2v) is 9.79. The van der Waals surface area contributed by atoms with Crippen LogP contribution in [0, 0.1) is 6.92 Å². The lowest BCUT2D eigenvalue weighted by atomic mass is 10.0. The molecular weight excluding hydrogens is 506 g/mol. The first-order valence-corrected chi connectivity index (χ1v) is 12.3. The Balaban J connectivity index is 2.49. The predicted octanol–water partition coefficient (Wildman–Crippen LogP) is 3.68. The number of nitrogens with zero attached hydrogens (tertiary/aromatic N) is 1. The van der Waals surface area contributed by atoms with E-state index in [1.54, 1.807) is 58.0 Å². The number of aliphatic hydroxyl groups is 1. The Morgan fingerprint density at radius 3 is 2.36 bits per heavy atom. The van der Waals surface area contributed by atoms with E-state index in [2.05, 4.69) is 23.3 Å². The lowest BCUT2D eigenvalue weighted by Crippen LogP contribution is -2.53. The average molecular weight is 538 g/mol. The molecular formula is C25H32ClN3O6S. The van der Waals surface area contributed by atoms with E-state index in [1.807, 2.05) is 0 Å². The molecule has 0 bridgehead atoms. The summed E-state index contributed by atoms with van der Waals surface area (Å²) in [5, 5.41) is 25.8. The van der Waals surface area contributed by atoms with Gasteiger partial charge in [-0.25, -0.2) is 4.79 Å². The van der Waals surface area contributed by atoms with Crippen molar-refractivity contribution in [1.82, 2.24) is 10.2 Å². The third-order valence-corrected chi connectivity index (χ3v) is 5.74. The molecule has 4 N–H and O–H groups in total. The molecule has 0 aliphatic rings. The van der Waals surface area contributed by atoms with Gasteiger partial charge in [-0.15, -0.1) is 0 Å². The molecule has 2 rings (SSSR count). The fourth-order valence-corrected chi connectivity index (χ4v) is 3.98. The minimum Gasteiger partial charge on any atom is -0.508 e. The van der Waals surface area contributed by atoms with Crippen LogP contribution in [-0.2, 0) is 14.3 Å². The van der Waals surface area contributed by atoms with E-state index in [0.717, 1.165) is 4.90 Å². The topological polar surface area (TPSA) is 128 Å². The van der Waals surface area contributed by atoms with Crippen molar-refractivity contribution in [3.05, 3.63) is 58.6 Å². The Bertz CT molecular complexity index is 1070. The van der Waals surface area contributed by atoms with E-state index in [9.17, 15) is 24.6 Å². The number of hydrogen-bond acceptors (Lipinski definition) is 7. The molecule has 3 amide bonds. The number of aryl methyl sites for hydroxylation is 1. The van der Waals surface area contributed by atoms with Gasteiger partial charge in [0.15, 0.2) is 0 Å². The molecule has 0 saturated heterocycles. The molecule has 0 spiro atoms. The molecule has 0 aromatic heterocycles. The van der Waals surface area contributed by atoms with Crippen molar-refractivity contribution in [2.75, 3.05) is 24.2 Å². The van der Waals surface area contributed by atoms with Crippen LogP contribution in [0.25, 0.3) is 0 Å². The second-order valence-electron chi connectivity index (χ2n) is 9.02. The molecule has 0 radical (unpaired) electrons. The van der Waals surface area contributed by atoms with E-state index >= 15 is 0 Å². The van der Waals surface area contributed by atoms with Gasteiger partial charge in [-0.2, -0.15) is 12.6 Å². The van der Waals surface area contributed by atoms with E-state index in [-0.39, 0.29) is 23.6 Å². The molecule has 0 saturated carbocycles. The fraction of sp³-hybridized carbons (Fsp3) is 0.400. The number of ether oxygens (including phenoxy) is 1. The lowest BCUT2D eigenvalue weighted by Gasteiger charge is -2.34. The summed E-state index contributed by atoms with van der Waals surface area (Å²) in [4.78, 5) is 40.6. The Labute approximate surface area is 221 Å². The maximum absolute atomic E-state index is 13.6. The van der Waals surface area contributed by atoms with Crippen molar-refractivity contribution in [3.63, 3.8) is 0 Å². The summed E-state index contributed by atoms with van der Waals surface area (Å²) < 4.78 is 5.24. The van der Waals surface area contributed by atoms with Gasteiger partial charge in [0.05, 0.1) is 17.3 Å². The van der Waals surface area contributed by atoms with E-state index in [0.29, 0.717) is 16.3 Å². The van der Waals surface area contributed by atoms with Crippen LogP contribution in [0.3, 0.4) is 0 Å². The minimum absolute atomic E-state index is 0.112. The highest BCUT2D eigenvalue weighted by atomic mass is 35.5. The normalized spacial score (nSPS) is 12.9. The molecule has 2 unspecified atom stereocenters. The summed E-state index contributed by atoms with van der Waals surface area (Å²) >= 11 is 10.5. The van der Waals surface area contributed by atoms with Gasteiger partial charge in [0, 0.05) is 17.9 Å². The van der Waals surface area contributed by atoms with Crippen LogP contribution in [0.2, 0.25) is 5.02 Å². The van der Waals surface area contributed by atoms with Crippen molar-refractivity contribution in [2.24, 2.45) is 0 Å². The summed E-state index contributed by atoms with van der Waals surface area (Å²) in [7, 11) is 0. The number of rotatable bonds is 9. The van der Waals surface area contributed by atoms with Gasteiger partial charge >= 0.3 is 6.09 Å². The van der Waals surface area contributed by atoms with Crippen molar-refractivity contribution in [1.29, 1.82) is 0 Å². The van der Waals surface area contributed by atoms with Crippen LogP contribution in [0.1, 0.15) is 37.9 Å². The lowest BCUT2D eigenvalue weighted by molar-refractivity contribution is -0.140. The van der Waals surface area contributed by atoms with E-state index in [4.69, 9.17) is 16.3 Å². The second kappa shape index (κ2) is 12.8. The average Bonchev–Trinajstić information content (AvgIpc) is 2.79. The van der Waals surface area contributed by atoms with E-state index < -0.39 is 42.2 Å². The number of anilines is 1. The van der Waals surface area contributed by atoms with Crippen LogP contribution in [0.5, 0.6) is 5.75 Å². The molecule has 0 fully saturated rings. The first-order valence-electron chi connectivity index (χ1n) is 11.2. The third kappa shape index (κ3) is 7.78. The van der Waals surface area contributed by atoms with Crippen LogP contribution >= 0.6 is 24.2 Å². The summed E-state index contributed by atoms with van der Waals surface area (Å²) in [6.45, 7) is 6.04. The van der Waals surface area contributed by atoms with Crippen molar-refractivity contribution < 1.29 is 29.3 Å². The molecule has 0 aliphatic carbocycles. The molecule has 2 aromatic rings. The summed E-state index contributed by atoms with van der Waals surface area (Å²) in [5.41, 5.74) is 0.353. The number of aromatic hydroxyl groups is 1. The zero-order chi connectivity index (χ0) is 27.0. The number of nitrogens with one attached hydrogen (secondary N) is 2. The number of benzene rings is 2. The van der Waals surface area contributed by atoms with Crippen molar-refractivity contribution in [2.45, 2.75) is 45.4 Å². The van der Waals surface area contributed by atoms with Gasteiger partial charge in [0.2, 0.25) is 5.91 Å². The molecule has 11 heteroatoms. The highest BCUT2D eigenvalue weighted by molar-refractivity contribution is 7.80. The predicted molar refractivity (Wildman–Crippen MR) is 141 cm³/mol. The van der Waals surface area contributed by atoms with Crippen molar-refractivity contribution >= 4 is 47.8 Å². The molecule has 2 atom stereocenters. The molecule has 196 valence electrons. The minimum atomic E-state index is -1.37.